The lowest BCUT2D eigenvalue weighted by Crippen LogP contribution is -2.25. The second kappa shape index (κ2) is 3.59. The third kappa shape index (κ3) is 1.51. The molecule has 1 aliphatic carbocycles. The van der Waals surface area contributed by atoms with E-state index in [2.05, 4.69) is 14.9 Å². The van der Waals surface area contributed by atoms with Gasteiger partial charge in [0.15, 0.2) is 0 Å². The van der Waals surface area contributed by atoms with Gasteiger partial charge in [0.25, 0.3) is 0 Å². The van der Waals surface area contributed by atoms with Crippen molar-refractivity contribution in [3.8, 4) is 0 Å². The van der Waals surface area contributed by atoms with Gasteiger partial charge >= 0.3 is 0 Å². The number of nitrogens with zero attached hydrogens (tertiary/aromatic N) is 3. The van der Waals surface area contributed by atoms with Crippen LogP contribution in [0.25, 0.3) is 0 Å². The summed E-state index contributed by atoms with van der Waals surface area (Å²) in [7, 11) is 0. The second-order valence-electron chi connectivity index (χ2n) is 4.77. The Labute approximate surface area is 94.3 Å². The summed E-state index contributed by atoms with van der Waals surface area (Å²) in [6.45, 7) is 1.88. The van der Waals surface area contributed by atoms with Crippen LogP contribution in [0.3, 0.4) is 0 Å². The highest BCUT2D eigenvalue weighted by molar-refractivity contribution is 5.41. The summed E-state index contributed by atoms with van der Waals surface area (Å²) in [5.74, 6) is 2.35. The maximum Gasteiger partial charge on any atom is 0.147 e. The lowest BCUT2D eigenvalue weighted by molar-refractivity contribution is 0.133. The van der Waals surface area contributed by atoms with Crippen LogP contribution in [0.1, 0.15) is 12.8 Å². The van der Waals surface area contributed by atoms with E-state index in [-0.39, 0.29) is 6.10 Å². The van der Waals surface area contributed by atoms with Crippen LogP contribution in [0.15, 0.2) is 12.4 Å². The fraction of sp³-hybridized carbons (Fsp3) is 0.636. The molecule has 0 bridgehead atoms. The van der Waals surface area contributed by atoms with Gasteiger partial charge in [0.1, 0.15) is 11.6 Å². The number of fused-ring (bicyclic) bond motifs is 1. The minimum absolute atomic E-state index is 0.128. The van der Waals surface area contributed by atoms with E-state index in [1.54, 1.807) is 12.4 Å². The molecule has 0 amide bonds. The first-order chi connectivity index (χ1) is 7.74. The first-order valence-electron chi connectivity index (χ1n) is 5.74. The van der Waals surface area contributed by atoms with E-state index in [4.69, 9.17) is 5.73 Å². The van der Waals surface area contributed by atoms with E-state index in [1.165, 1.54) is 0 Å². The zero-order chi connectivity index (χ0) is 11.1. The van der Waals surface area contributed by atoms with Crippen LogP contribution in [-0.2, 0) is 0 Å². The Balaban J connectivity index is 1.76. The quantitative estimate of drug-likeness (QED) is 0.710. The standard InChI is InChI=1S/C11H16N4O/c12-10-3-14-11(4-13-10)15-5-7-1-2-9(16)8(7)6-15/h3-4,7-9,16H,1-2,5-6H2,(H2,12,13). The zero-order valence-corrected chi connectivity index (χ0v) is 9.08. The largest absolute Gasteiger partial charge is 0.393 e. The topological polar surface area (TPSA) is 75.3 Å². The van der Waals surface area contributed by atoms with Gasteiger partial charge in [-0.1, -0.05) is 0 Å². The van der Waals surface area contributed by atoms with Crippen LogP contribution >= 0.6 is 0 Å². The molecule has 3 unspecified atom stereocenters. The molecular weight excluding hydrogens is 204 g/mol. The molecule has 3 atom stereocenters. The molecule has 1 saturated heterocycles. The first kappa shape index (κ1) is 9.84. The normalized spacial score (nSPS) is 33.1. The van der Waals surface area contributed by atoms with Crippen LogP contribution in [0, 0.1) is 11.8 Å². The van der Waals surface area contributed by atoms with Gasteiger partial charge in [-0.05, 0) is 18.8 Å². The van der Waals surface area contributed by atoms with Crippen LogP contribution in [0.2, 0.25) is 0 Å². The summed E-state index contributed by atoms with van der Waals surface area (Å²) in [5, 5.41) is 9.83. The van der Waals surface area contributed by atoms with Crippen molar-refractivity contribution in [2.45, 2.75) is 18.9 Å². The van der Waals surface area contributed by atoms with Crippen molar-refractivity contribution in [2.24, 2.45) is 11.8 Å². The Kier molecular flexibility index (Phi) is 2.21. The summed E-state index contributed by atoms with van der Waals surface area (Å²) in [6, 6.07) is 0. The second-order valence-corrected chi connectivity index (χ2v) is 4.77. The molecule has 0 radical (unpaired) electrons. The van der Waals surface area contributed by atoms with Gasteiger partial charge in [-0.2, -0.15) is 0 Å². The molecule has 1 saturated carbocycles. The van der Waals surface area contributed by atoms with Crippen LogP contribution in [0.5, 0.6) is 0 Å². The molecule has 0 aromatic carbocycles. The maximum atomic E-state index is 9.83. The highest BCUT2D eigenvalue weighted by atomic mass is 16.3. The molecule has 5 nitrogen and oxygen atoms in total. The van der Waals surface area contributed by atoms with Gasteiger partial charge < -0.3 is 15.7 Å². The van der Waals surface area contributed by atoms with Gasteiger partial charge in [-0.25, -0.2) is 9.97 Å². The molecule has 1 aromatic heterocycles. The molecule has 3 N–H and O–H groups in total. The molecule has 86 valence electrons. The summed E-state index contributed by atoms with van der Waals surface area (Å²) < 4.78 is 0. The molecule has 2 fully saturated rings. The number of aliphatic hydroxyl groups excluding tert-OH is 1. The summed E-state index contributed by atoms with van der Waals surface area (Å²) in [5.41, 5.74) is 5.51. The molecule has 3 rings (SSSR count). The maximum absolute atomic E-state index is 9.83. The fourth-order valence-corrected chi connectivity index (χ4v) is 2.92. The minimum atomic E-state index is -0.128. The average Bonchev–Trinajstić information content (AvgIpc) is 2.83. The molecule has 0 spiro atoms. The van der Waals surface area contributed by atoms with Crippen LogP contribution < -0.4 is 10.6 Å². The molecule has 1 aliphatic heterocycles. The number of anilines is 2. The SMILES string of the molecule is Nc1cnc(N2CC3CCC(O)C3C2)cn1. The number of nitrogens with two attached hydrogens (primary N) is 1. The van der Waals surface area contributed by atoms with E-state index in [1.807, 2.05) is 0 Å². The molecule has 5 heteroatoms. The average molecular weight is 220 g/mol. The first-order valence-corrected chi connectivity index (χ1v) is 5.74. The molecular formula is C11H16N4O. The summed E-state index contributed by atoms with van der Waals surface area (Å²) in [6.07, 6.45) is 5.25. The number of nitrogen functional groups attached to an aromatic ring is 1. The summed E-state index contributed by atoms with van der Waals surface area (Å²) in [4.78, 5) is 10.5. The lowest BCUT2D eigenvalue weighted by Gasteiger charge is -2.18. The van der Waals surface area contributed by atoms with Crippen molar-refractivity contribution in [3.63, 3.8) is 0 Å². The van der Waals surface area contributed by atoms with Crippen molar-refractivity contribution in [2.75, 3.05) is 23.7 Å². The van der Waals surface area contributed by atoms with Crippen molar-refractivity contribution in [3.05, 3.63) is 12.4 Å². The van der Waals surface area contributed by atoms with E-state index in [9.17, 15) is 5.11 Å². The van der Waals surface area contributed by atoms with E-state index < -0.39 is 0 Å². The number of hydrogen-bond acceptors (Lipinski definition) is 5. The van der Waals surface area contributed by atoms with Gasteiger partial charge in [-0.15, -0.1) is 0 Å². The fourth-order valence-electron chi connectivity index (χ4n) is 2.92. The van der Waals surface area contributed by atoms with Gasteiger partial charge in [0, 0.05) is 19.0 Å². The zero-order valence-electron chi connectivity index (χ0n) is 9.08. The number of aromatic nitrogens is 2. The number of rotatable bonds is 1. The Morgan fingerprint density at radius 2 is 2.12 bits per heavy atom. The predicted octanol–water partition coefficient (Wildman–Crippen LogP) is 0.266. The Morgan fingerprint density at radius 1 is 1.25 bits per heavy atom. The lowest BCUT2D eigenvalue weighted by atomic mass is 10.00. The van der Waals surface area contributed by atoms with Crippen LogP contribution in [-0.4, -0.2) is 34.3 Å². The van der Waals surface area contributed by atoms with E-state index in [0.29, 0.717) is 17.7 Å². The molecule has 16 heavy (non-hydrogen) atoms. The van der Waals surface area contributed by atoms with Crippen molar-refractivity contribution >= 4 is 11.6 Å². The number of hydrogen-bond donors (Lipinski definition) is 2. The smallest absolute Gasteiger partial charge is 0.147 e. The third-order valence-electron chi connectivity index (χ3n) is 3.80. The van der Waals surface area contributed by atoms with Crippen LogP contribution in [0.4, 0.5) is 11.6 Å². The predicted molar refractivity (Wildman–Crippen MR) is 60.9 cm³/mol. The Bertz CT molecular complexity index is 380. The van der Waals surface area contributed by atoms with Gasteiger partial charge in [-0.3, -0.25) is 0 Å². The monoisotopic (exact) mass is 220 g/mol. The molecule has 2 heterocycles. The number of aliphatic hydroxyl groups is 1. The highest BCUT2D eigenvalue weighted by Gasteiger charge is 2.42. The van der Waals surface area contributed by atoms with Crippen molar-refractivity contribution in [1.29, 1.82) is 0 Å². The third-order valence-corrected chi connectivity index (χ3v) is 3.80. The van der Waals surface area contributed by atoms with Crippen molar-refractivity contribution < 1.29 is 5.11 Å². The minimum Gasteiger partial charge on any atom is -0.393 e. The molecule has 2 aliphatic rings. The van der Waals surface area contributed by atoms with Gasteiger partial charge in [0.05, 0.1) is 18.5 Å². The van der Waals surface area contributed by atoms with E-state index >= 15 is 0 Å². The van der Waals surface area contributed by atoms with Crippen molar-refractivity contribution in [1.82, 2.24) is 9.97 Å². The van der Waals surface area contributed by atoms with Gasteiger partial charge in [0.2, 0.25) is 0 Å². The van der Waals surface area contributed by atoms with E-state index in [0.717, 1.165) is 31.7 Å². The molecule has 1 aromatic rings. The summed E-state index contributed by atoms with van der Waals surface area (Å²) >= 11 is 0. The Morgan fingerprint density at radius 3 is 2.81 bits per heavy atom. The highest BCUT2D eigenvalue weighted by Crippen LogP contribution is 2.39. The Hall–Kier alpha value is -1.36.